The Morgan fingerprint density at radius 2 is 2.23 bits per heavy atom. The van der Waals surface area contributed by atoms with Crippen molar-refractivity contribution in [1.82, 2.24) is 10.3 Å². The van der Waals surface area contributed by atoms with Crippen LogP contribution in [0.2, 0.25) is 0 Å². The average Bonchev–Trinajstić information content (AvgIpc) is 3.15. The molecule has 0 aliphatic heterocycles. The second kappa shape index (κ2) is 5.97. The summed E-state index contributed by atoms with van der Waals surface area (Å²) in [6.07, 6.45) is 2.23. The summed E-state index contributed by atoms with van der Waals surface area (Å²) in [7, 11) is 1.66. The third kappa shape index (κ3) is 2.70. The third-order valence-corrected chi connectivity index (χ3v) is 3.73. The molecule has 3 rings (SSSR count). The van der Waals surface area contributed by atoms with Crippen LogP contribution in [0.1, 0.15) is 21.8 Å². The third-order valence-electron chi connectivity index (χ3n) is 3.73. The summed E-state index contributed by atoms with van der Waals surface area (Å²) < 4.78 is 10.4. The zero-order valence-corrected chi connectivity index (χ0v) is 12.6. The molecule has 0 unspecified atom stereocenters. The largest absolute Gasteiger partial charge is 0.497 e. The average molecular weight is 298 g/mol. The fourth-order valence-corrected chi connectivity index (χ4v) is 2.61. The minimum atomic E-state index is -0.194. The molecule has 3 aromatic rings. The summed E-state index contributed by atoms with van der Waals surface area (Å²) in [5.41, 5.74) is 3.37. The van der Waals surface area contributed by atoms with E-state index in [-0.39, 0.29) is 5.91 Å². The lowest BCUT2D eigenvalue weighted by Crippen LogP contribution is -2.25. The van der Waals surface area contributed by atoms with Gasteiger partial charge in [-0.3, -0.25) is 4.79 Å². The Morgan fingerprint density at radius 1 is 1.36 bits per heavy atom. The van der Waals surface area contributed by atoms with Gasteiger partial charge in [-0.2, -0.15) is 0 Å². The van der Waals surface area contributed by atoms with E-state index in [4.69, 9.17) is 9.15 Å². The number of rotatable bonds is 5. The van der Waals surface area contributed by atoms with E-state index in [1.54, 1.807) is 19.2 Å². The van der Waals surface area contributed by atoms with Crippen LogP contribution in [0.5, 0.6) is 5.75 Å². The predicted molar refractivity (Wildman–Crippen MR) is 84.3 cm³/mol. The highest BCUT2D eigenvalue weighted by Crippen LogP contribution is 2.26. The normalized spacial score (nSPS) is 10.8. The van der Waals surface area contributed by atoms with Crippen molar-refractivity contribution in [2.45, 2.75) is 13.3 Å². The molecule has 0 aliphatic carbocycles. The summed E-state index contributed by atoms with van der Waals surface area (Å²) in [5, 5.41) is 3.99. The number of fused-ring (bicyclic) bond motifs is 1. The molecule has 5 nitrogen and oxygen atoms in total. The first-order valence-corrected chi connectivity index (χ1v) is 7.16. The number of methoxy groups -OCH3 is 1. The Hall–Kier alpha value is -2.69. The number of carbonyl (C=O) groups excluding carboxylic acids is 1. The SMILES string of the molecule is COc1ccc2[nH]c(C)c(CCNC(=O)c3ccco3)c2c1. The Balaban J connectivity index is 1.73. The summed E-state index contributed by atoms with van der Waals surface area (Å²) in [6, 6.07) is 9.30. The van der Waals surface area contributed by atoms with Gasteiger partial charge < -0.3 is 19.5 Å². The van der Waals surface area contributed by atoms with E-state index in [1.807, 2.05) is 25.1 Å². The molecule has 1 aromatic carbocycles. The molecule has 2 N–H and O–H groups in total. The molecule has 0 aliphatic rings. The van der Waals surface area contributed by atoms with E-state index >= 15 is 0 Å². The maximum Gasteiger partial charge on any atom is 0.286 e. The van der Waals surface area contributed by atoms with Crippen molar-refractivity contribution in [2.75, 3.05) is 13.7 Å². The van der Waals surface area contributed by atoms with Crippen LogP contribution >= 0.6 is 0 Å². The number of aryl methyl sites for hydroxylation is 1. The highest BCUT2D eigenvalue weighted by atomic mass is 16.5. The fraction of sp³-hybridized carbons (Fsp3) is 0.235. The van der Waals surface area contributed by atoms with Crippen molar-refractivity contribution >= 4 is 16.8 Å². The molecule has 2 heterocycles. The number of aromatic amines is 1. The highest BCUT2D eigenvalue weighted by molar-refractivity contribution is 5.91. The van der Waals surface area contributed by atoms with E-state index in [0.717, 1.165) is 28.8 Å². The number of nitrogens with one attached hydrogen (secondary N) is 2. The summed E-state index contributed by atoms with van der Waals surface area (Å²) in [5.74, 6) is 0.963. The summed E-state index contributed by atoms with van der Waals surface area (Å²) in [4.78, 5) is 15.2. The summed E-state index contributed by atoms with van der Waals surface area (Å²) in [6.45, 7) is 2.58. The Bertz CT molecular complexity index is 788. The van der Waals surface area contributed by atoms with Gasteiger partial charge in [0.25, 0.3) is 5.91 Å². The number of ether oxygens (including phenoxy) is 1. The first-order valence-electron chi connectivity index (χ1n) is 7.16. The molecule has 0 radical (unpaired) electrons. The Kier molecular flexibility index (Phi) is 3.87. The number of furan rings is 1. The van der Waals surface area contributed by atoms with Crippen LogP contribution in [0, 0.1) is 6.92 Å². The maximum atomic E-state index is 11.9. The molecule has 0 fully saturated rings. The van der Waals surface area contributed by atoms with Crippen LogP contribution in [0.4, 0.5) is 0 Å². The van der Waals surface area contributed by atoms with E-state index in [0.29, 0.717) is 12.3 Å². The van der Waals surface area contributed by atoms with Gasteiger partial charge in [0.2, 0.25) is 0 Å². The van der Waals surface area contributed by atoms with Crippen LogP contribution in [-0.2, 0) is 6.42 Å². The first-order chi connectivity index (χ1) is 10.7. The smallest absolute Gasteiger partial charge is 0.286 e. The van der Waals surface area contributed by atoms with Crippen LogP contribution in [0.3, 0.4) is 0 Å². The molecule has 0 spiro atoms. The molecule has 5 heteroatoms. The standard InChI is InChI=1S/C17H18N2O3/c1-11-13(7-8-18-17(20)16-4-3-9-22-16)14-10-12(21-2)5-6-15(14)19-11/h3-6,9-10,19H,7-8H2,1-2H3,(H,18,20). The molecule has 1 amide bonds. The second-order valence-corrected chi connectivity index (χ2v) is 5.12. The predicted octanol–water partition coefficient (Wildman–Crippen LogP) is 3.05. The van der Waals surface area contributed by atoms with Gasteiger partial charge in [-0.25, -0.2) is 0 Å². The van der Waals surface area contributed by atoms with E-state index < -0.39 is 0 Å². The summed E-state index contributed by atoms with van der Waals surface area (Å²) >= 11 is 0. The number of amides is 1. The van der Waals surface area contributed by atoms with Gasteiger partial charge in [0.1, 0.15) is 5.75 Å². The zero-order valence-electron chi connectivity index (χ0n) is 12.6. The van der Waals surface area contributed by atoms with Crippen molar-refractivity contribution in [2.24, 2.45) is 0 Å². The van der Waals surface area contributed by atoms with Crippen molar-refractivity contribution in [1.29, 1.82) is 0 Å². The van der Waals surface area contributed by atoms with Gasteiger partial charge in [-0.05, 0) is 49.2 Å². The molecular formula is C17H18N2O3. The molecule has 114 valence electrons. The van der Waals surface area contributed by atoms with Crippen molar-refractivity contribution in [3.05, 3.63) is 53.6 Å². The quantitative estimate of drug-likeness (QED) is 0.760. The lowest BCUT2D eigenvalue weighted by molar-refractivity contribution is 0.0926. The highest BCUT2D eigenvalue weighted by Gasteiger charge is 2.11. The van der Waals surface area contributed by atoms with Crippen LogP contribution in [-0.4, -0.2) is 24.5 Å². The van der Waals surface area contributed by atoms with E-state index in [1.165, 1.54) is 11.8 Å². The molecular weight excluding hydrogens is 280 g/mol. The second-order valence-electron chi connectivity index (χ2n) is 5.12. The van der Waals surface area contributed by atoms with Gasteiger partial charge in [0, 0.05) is 23.1 Å². The molecule has 0 bridgehead atoms. The topological polar surface area (TPSA) is 67.3 Å². The Morgan fingerprint density at radius 3 is 2.95 bits per heavy atom. The molecule has 0 atom stereocenters. The van der Waals surface area contributed by atoms with Gasteiger partial charge in [0.15, 0.2) is 5.76 Å². The molecule has 2 aromatic heterocycles. The minimum absolute atomic E-state index is 0.194. The van der Waals surface area contributed by atoms with Crippen molar-refractivity contribution in [3.63, 3.8) is 0 Å². The van der Waals surface area contributed by atoms with Crippen molar-refractivity contribution in [3.8, 4) is 5.75 Å². The minimum Gasteiger partial charge on any atom is -0.497 e. The van der Waals surface area contributed by atoms with Gasteiger partial charge in [0.05, 0.1) is 13.4 Å². The first kappa shape index (κ1) is 14.3. The Labute approximate surface area is 128 Å². The number of hydrogen-bond donors (Lipinski definition) is 2. The van der Waals surface area contributed by atoms with Gasteiger partial charge in [-0.1, -0.05) is 0 Å². The number of carbonyl (C=O) groups is 1. The lowest BCUT2D eigenvalue weighted by atomic mass is 10.1. The zero-order chi connectivity index (χ0) is 15.5. The molecule has 0 saturated carbocycles. The monoisotopic (exact) mass is 298 g/mol. The number of hydrogen-bond acceptors (Lipinski definition) is 3. The maximum absolute atomic E-state index is 11.9. The molecule has 0 saturated heterocycles. The van der Waals surface area contributed by atoms with Gasteiger partial charge >= 0.3 is 0 Å². The van der Waals surface area contributed by atoms with E-state index in [2.05, 4.69) is 10.3 Å². The van der Waals surface area contributed by atoms with Crippen LogP contribution < -0.4 is 10.1 Å². The molecule has 22 heavy (non-hydrogen) atoms. The van der Waals surface area contributed by atoms with E-state index in [9.17, 15) is 4.79 Å². The fourth-order valence-electron chi connectivity index (χ4n) is 2.61. The number of aromatic nitrogens is 1. The number of benzene rings is 1. The van der Waals surface area contributed by atoms with Crippen molar-refractivity contribution < 1.29 is 13.9 Å². The lowest BCUT2D eigenvalue weighted by Gasteiger charge is -2.05. The van der Waals surface area contributed by atoms with Crippen LogP contribution in [0.15, 0.2) is 41.0 Å². The number of H-pyrrole nitrogens is 1. The van der Waals surface area contributed by atoms with Gasteiger partial charge in [-0.15, -0.1) is 0 Å². The van der Waals surface area contributed by atoms with Crippen LogP contribution in [0.25, 0.3) is 10.9 Å².